The molecule has 4 heterocycles. The van der Waals surface area contributed by atoms with Crippen molar-refractivity contribution in [3.8, 4) is 5.88 Å². The molecule has 158 valence electrons. The number of rotatable bonds is 6. The zero-order valence-electron chi connectivity index (χ0n) is 16.7. The first-order valence-corrected chi connectivity index (χ1v) is 11.2. The van der Waals surface area contributed by atoms with Crippen molar-refractivity contribution in [3.63, 3.8) is 0 Å². The summed E-state index contributed by atoms with van der Waals surface area (Å²) in [6, 6.07) is 1.25. The molecule has 2 bridgehead atoms. The fourth-order valence-electron chi connectivity index (χ4n) is 4.24. The molecule has 10 nitrogen and oxygen atoms in total. The monoisotopic (exact) mass is 422 g/mol. The number of fused-ring (bicyclic) bond motifs is 3. The lowest BCUT2D eigenvalue weighted by atomic mass is 9.73. The number of hydrogen-bond donors (Lipinski definition) is 2. The standard InChI is InChI=1S/C18H26N6O4S/c1-11(2)28-16-7-15(21-22-16)20-18(25)13-6-12-4-5-14(13)24(8-12)29(26,27)17-9-23(3)10-19-17/h7,9-14H,4-6,8H2,1-3H3,(H2,20,21,22,25). The number of anilines is 1. The molecule has 0 aromatic carbocycles. The van der Waals surface area contributed by atoms with Gasteiger partial charge >= 0.3 is 0 Å². The Morgan fingerprint density at radius 1 is 1.38 bits per heavy atom. The van der Waals surface area contributed by atoms with Gasteiger partial charge in [0.15, 0.2) is 10.8 Å². The molecule has 2 aromatic heterocycles. The third-order valence-corrected chi connectivity index (χ3v) is 7.27. The second kappa shape index (κ2) is 7.45. The number of imidazole rings is 1. The Morgan fingerprint density at radius 3 is 2.83 bits per heavy atom. The Morgan fingerprint density at radius 2 is 2.17 bits per heavy atom. The van der Waals surface area contributed by atoms with E-state index in [4.69, 9.17) is 4.74 Å². The molecule has 1 amide bonds. The van der Waals surface area contributed by atoms with Crippen molar-refractivity contribution < 1.29 is 17.9 Å². The smallest absolute Gasteiger partial charge is 0.262 e. The summed E-state index contributed by atoms with van der Waals surface area (Å²) >= 11 is 0. The lowest BCUT2D eigenvalue weighted by Gasteiger charge is -2.47. The summed E-state index contributed by atoms with van der Waals surface area (Å²) in [5, 5.41) is 9.62. The first kappa shape index (κ1) is 19.9. The molecular weight excluding hydrogens is 396 g/mol. The number of sulfonamides is 1. The Kier molecular flexibility index (Phi) is 5.11. The van der Waals surface area contributed by atoms with Crippen LogP contribution in [0.4, 0.5) is 5.82 Å². The maximum absolute atomic E-state index is 13.1. The van der Waals surface area contributed by atoms with Gasteiger partial charge in [-0.1, -0.05) is 0 Å². The highest BCUT2D eigenvalue weighted by Crippen LogP contribution is 2.42. The summed E-state index contributed by atoms with van der Waals surface area (Å²) in [7, 11) is -2.01. The number of aromatic amines is 1. The highest BCUT2D eigenvalue weighted by atomic mass is 32.2. The molecule has 0 spiro atoms. The third kappa shape index (κ3) is 3.88. The third-order valence-electron chi connectivity index (χ3n) is 5.49. The molecule has 2 aromatic rings. The number of carbonyl (C=O) groups excluding carboxylic acids is 1. The van der Waals surface area contributed by atoms with Crippen molar-refractivity contribution in [3.05, 3.63) is 18.6 Å². The molecule has 1 aliphatic carbocycles. The number of ether oxygens (including phenoxy) is 1. The van der Waals surface area contributed by atoms with Crippen LogP contribution >= 0.6 is 0 Å². The Hall–Kier alpha value is -2.40. The molecular formula is C18H26N6O4S. The van der Waals surface area contributed by atoms with Gasteiger partial charge in [0.1, 0.15) is 0 Å². The van der Waals surface area contributed by atoms with Gasteiger partial charge in [-0.3, -0.25) is 4.79 Å². The summed E-state index contributed by atoms with van der Waals surface area (Å²) in [6.45, 7) is 4.23. The molecule has 5 rings (SSSR count). The van der Waals surface area contributed by atoms with Crippen molar-refractivity contribution in [1.29, 1.82) is 0 Å². The number of nitrogens with zero attached hydrogens (tertiary/aromatic N) is 4. The number of H-pyrrole nitrogens is 1. The van der Waals surface area contributed by atoms with Crippen LogP contribution in [0.3, 0.4) is 0 Å². The van der Waals surface area contributed by atoms with Crippen LogP contribution in [0.15, 0.2) is 23.6 Å². The number of aryl methyl sites for hydroxylation is 1. The molecule has 29 heavy (non-hydrogen) atoms. The molecule has 2 N–H and O–H groups in total. The normalized spacial score (nSPS) is 24.8. The molecule has 3 aliphatic rings. The van der Waals surface area contributed by atoms with E-state index in [0.29, 0.717) is 31.1 Å². The zero-order chi connectivity index (χ0) is 20.8. The fraction of sp³-hybridized carbons (Fsp3) is 0.611. The Labute approximate surface area is 169 Å². The number of aromatic nitrogens is 4. The van der Waals surface area contributed by atoms with Crippen LogP contribution in [-0.2, 0) is 21.9 Å². The van der Waals surface area contributed by atoms with E-state index in [-0.39, 0.29) is 29.0 Å². The summed E-state index contributed by atoms with van der Waals surface area (Å²) in [6.07, 6.45) is 5.21. The highest BCUT2D eigenvalue weighted by Gasteiger charge is 2.49. The minimum Gasteiger partial charge on any atom is -0.475 e. The second-order valence-corrected chi connectivity index (χ2v) is 9.92. The van der Waals surface area contributed by atoms with E-state index in [2.05, 4.69) is 20.5 Å². The summed E-state index contributed by atoms with van der Waals surface area (Å²) < 4.78 is 34.8. The van der Waals surface area contributed by atoms with Gasteiger partial charge in [-0.2, -0.15) is 9.40 Å². The van der Waals surface area contributed by atoms with Crippen molar-refractivity contribution in [2.45, 2.75) is 50.3 Å². The van der Waals surface area contributed by atoms with Gasteiger partial charge in [0.25, 0.3) is 10.0 Å². The molecule has 0 radical (unpaired) electrons. The summed E-state index contributed by atoms with van der Waals surface area (Å²) in [5.41, 5.74) is 0. The number of amides is 1. The van der Waals surface area contributed by atoms with Gasteiger partial charge in [0.05, 0.1) is 18.3 Å². The van der Waals surface area contributed by atoms with Gasteiger partial charge in [-0.25, -0.2) is 18.5 Å². The quantitative estimate of drug-likeness (QED) is 0.725. The maximum atomic E-state index is 13.1. The van der Waals surface area contributed by atoms with Crippen LogP contribution in [0.1, 0.15) is 33.1 Å². The van der Waals surface area contributed by atoms with Gasteiger partial charge in [-0.15, -0.1) is 0 Å². The number of piperidine rings is 2. The average Bonchev–Trinajstić information content (AvgIpc) is 3.30. The molecule has 11 heteroatoms. The number of nitrogens with one attached hydrogen (secondary N) is 2. The summed E-state index contributed by atoms with van der Waals surface area (Å²) in [4.78, 5) is 17.0. The van der Waals surface area contributed by atoms with E-state index in [1.54, 1.807) is 17.7 Å². The maximum Gasteiger partial charge on any atom is 0.262 e. The predicted octanol–water partition coefficient (Wildman–Crippen LogP) is 1.36. The summed E-state index contributed by atoms with van der Waals surface area (Å²) in [5.74, 6) is 0.356. The zero-order valence-corrected chi connectivity index (χ0v) is 17.5. The lowest BCUT2D eigenvalue weighted by Crippen LogP contribution is -2.57. The van der Waals surface area contributed by atoms with Crippen molar-refractivity contribution in [1.82, 2.24) is 24.1 Å². The van der Waals surface area contributed by atoms with Crippen molar-refractivity contribution in [2.24, 2.45) is 18.9 Å². The first-order valence-electron chi connectivity index (χ1n) is 9.77. The second-order valence-electron chi connectivity index (χ2n) is 8.08. The minimum absolute atomic E-state index is 0.0153. The average molecular weight is 423 g/mol. The highest BCUT2D eigenvalue weighted by molar-refractivity contribution is 7.89. The largest absolute Gasteiger partial charge is 0.475 e. The molecule has 2 saturated heterocycles. The van der Waals surface area contributed by atoms with Crippen LogP contribution in [0.5, 0.6) is 5.88 Å². The fourth-order valence-corrected chi connectivity index (χ4v) is 5.98. The van der Waals surface area contributed by atoms with Crippen molar-refractivity contribution in [2.75, 3.05) is 11.9 Å². The minimum atomic E-state index is -3.74. The van der Waals surface area contributed by atoms with Crippen LogP contribution in [0.2, 0.25) is 0 Å². The van der Waals surface area contributed by atoms with Gasteiger partial charge in [-0.05, 0) is 39.0 Å². The van der Waals surface area contributed by atoms with E-state index < -0.39 is 15.9 Å². The first-order chi connectivity index (χ1) is 13.7. The Balaban J connectivity index is 1.51. The molecule has 3 atom stereocenters. The van der Waals surface area contributed by atoms with Gasteiger partial charge in [0, 0.05) is 31.9 Å². The number of carbonyl (C=O) groups is 1. The SMILES string of the molecule is CC(C)Oc1cc(NC(=O)C2CC3CCC2N(S(=O)(=O)c2cn(C)cn2)C3)n[nH]1. The van der Waals surface area contributed by atoms with Crippen LogP contribution in [-0.4, -0.2) is 57.1 Å². The van der Waals surface area contributed by atoms with E-state index in [0.717, 1.165) is 6.42 Å². The van der Waals surface area contributed by atoms with E-state index in [1.165, 1.54) is 16.8 Å². The van der Waals surface area contributed by atoms with E-state index >= 15 is 0 Å². The van der Waals surface area contributed by atoms with E-state index in [1.807, 2.05) is 13.8 Å². The molecule has 3 unspecified atom stereocenters. The molecule has 2 aliphatic heterocycles. The predicted molar refractivity (Wildman–Crippen MR) is 105 cm³/mol. The molecule has 3 fully saturated rings. The molecule has 1 saturated carbocycles. The number of hydrogen-bond acceptors (Lipinski definition) is 6. The Bertz CT molecular complexity index is 998. The topological polar surface area (TPSA) is 122 Å². The van der Waals surface area contributed by atoms with Crippen LogP contribution in [0.25, 0.3) is 0 Å². The van der Waals surface area contributed by atoms with E-state index in [9.17, 15) is 13.2 Å². The van der Waals surface area contributed by atoms with Gasteiger partial charge in [0.2, 0.25) is 11.8 Å². The van der Waals surface area contributed by atoms with Crippen LogP contribution in [0, 0.1) is 11.8 Å². The van der Waals surface area contributed by atoms with Crippen LogP contribution < -0.4 is 10.1 Å². The lowest BCUT2D eigenvalue weighted by molar-refractivity contribution is -0.125. The van der Waals surface area contributed by atoms with Gasteiger partial charge < -0.3 is 14.6 Å². The van der Waals surface area contributed by atoms with Crippen molar-refractivity contribution >= 4 is 21.7 Å².